The standard InChI is InChI=1S/C11H18N4OS2/c1-15(2)10-14-8(12)7(18-10)9(16)13-6-11(17-3)4-5-11/h4-6,12H2,1-3H3,(H,13,16). The van der Waals surface area contributed by atoms with Crippen molar-refractivity contribution in [1.82, 2.24) is 10.3 Å². The summed E-state index contributed by atoms with van der Waals surface area (Å²) in [6.07, 6.45) is 4.44. The van der Waals surface area contributed by atoms with E-state index >= 15 is 0 Å². The van der Waals surface area contributed by atoms with Gasteiger partial charge in [-0.15, -0.1) is 0 Å². The predicted octanol–water partition coefficient (Wildman–Crippen LogP) is 1.42. The zero-order valence-corrected chi connectivity index (χ0v) is 12.5. The molecule has 1 fully saturated rings. The number of amides is 1. The van der Waals surface area contributed by atoms with Crippen LogP contribution in [-0.2, 0) is 0 Å². The van der Waals surface area contributed by atoms with Gasteiger partial charge < -0.3 is 16.0 Å². The molecule has 0 bridgehead atoms. The van der Waals surface area contributed by atoms with Gasteiger partial charge >= 0.3 is 0 Å². The first-order valence-electron chi connectivity index (χ1n) is 5.74. The molecule has 1 amide bonds. The number of hydrogen-bond acceptors (Lipinski definition) is 6. The first-order chi connectivity index (χ1) is 8.47. The zero-order chi connectivity index (χ0) is 13.3. The average Bonchev–Trinajstić information content (AvgIpc) is 3.02. The van der Waals surface area contributed by atoms with Gasteiger partial charge in [-0.2, -0.15) is 11.8 Å². The SMILES string of the molecule is CSC1(CNC(=O)c2sc(N(C)C)nc2N)CC1. The van der Waals surface area contributed by atoms with Crippen LogP contribution in [0.1, 0.15) is 22.5 Å². The Balaban J connectivity index is 2.00. The third kappa shape index (κ3) is 2.72. The monoisotopic (exact) mass is 286 g/mol. The van der Waals surface area contributed by atoms with E-state index in [1.54, 1.807) is 0 Å². The normalized spacial score (nSPS) is 16.4. The number of thioether (sulfide) groups is 1. The number of hydrogen-bond donors (Lipinski definition) is 2. The smallest absolute Gasteiger partial charge is 0.265 e. The number of thiazole rings is 1. The van der Waals surface area contributed by atoms with E-state index in [9.17, 15) is 4.79 Å². The lowest BCUT2D eigenvalue weighted by Crippen LogP contribution is -2.31. The van der Waals surface area contributed by atoms with E-state index in [-0.39, 0.29) is 10.7 Å². The van der Waals surface area contributed by atoms with Gasteiger partial charge in [-0.3, -0.25) is 4.79 Å². The van der Waals surface area contributed by atoms with Crippen LogP contribution < -0.4 is 16.0 Å². The molecule has 18 heavy (non-hydrogen) atoms. The minimum absolute atomic E-state index is 0.113. The number of aromatic nitrogens is 1. The Bertz CT molecular complexity index is 454. The van der Waals surface area contributed by atoms with E-state index in [0.29, 0.717) is 17.2 Å². The fourth-order valence-electron chi connectivity index (χ4n) is 1.59. The van der Waals surface area contributed by atoms with Gasteiger partial charge in [-0.05, 0) is 19.1 Å². The summed E-state index contributed by atoms with van der Waals surface area (Å²) in [6.45, 7) is 0.710. The second-order valence-electron chi connectivity index (χ2n) is 4.68. The molecule has 1 saturated carbocycles. The molecule has 0 saturated heterocycles. The predicted molar refractivity (Wildman–Crippen MR) is 78.7 cm³/mol. The van der Waals surface area contributed by atoms with E-state index in [1.807, 2.05) is 30.8 Å². The highest BCUT2D eigenvalue weighted by atomic mass is 32.2. The molecule has 0 aromatic carbocycles. The van der Waals surface area contributed by atoms with Crippen molar-refractivity contribution in [1.29, 1.82) is 0 Å². The fraction of sp³-hybridized carbons (Fsp3) is 0.636. The summed E-state index contributed by atoms with van der Waals surface area (Å²) < 4.78 is 0.263. The molecule has 5 nitrogen and oxygen atoms in total. The molecule has 0 atom stereocenters. The summed E-state index contributed by atoms with van der Waals surface area (Å²) in [7, 11) is 3.76. The molecule has 0 spiro atoms. The lowest BCUT2D eigenvalue weighted by molar-refractivity contribution is 0.0957. The fourth-order valence-corrected chi connectivity index (χ4v) is 3.14. The number of rotatable bonds is 5. The first-order valence-corrected chi connectivity index (χ1v) is 7.78. The number of nitrogens with one attached hydrogen (secondary N) is 1. The summed E-state index contributed by atoms with van der Waals surface area (Å²) in [5, 5.41) is 3.71. The van der Waals surface area contributed by atoms with Crippen molar-refractivity contribution < 1.29 is 4.79 Å². The van der Waals surface area contributed by atoms with Crippen molar-refractivity contribution in [2.75, 3.05) is 37.5 Å². The molecule has 1 aromatic rings. The molecule has 7 heteroatoms. The second kappa shape index (κ2) is 4.97. The molecule has 0 radical (unpaired) electrons. The Morgan fingerprint density at radius 1 is 1.61 bits per heavy atom. The van der Waals surface area contributed by atoms with E-state index in [0.717, 1.165) is 5.13 Å². The topological polar surface area (TPSA) is 71.2 Å². The van der Waals surface area contributed by atoms with E-state index < -0.39 is 0 Å². The number of nitrogens with two attached hydrogens (primary N) is 1. The average molecular weight is 286 g/mol. The molecule has 0 aliphatic heterocycles. The van der Waals surface area contributed by atoms with Gasteiger partial charge in [-0.1, -0.05) is 11.3 Å². The number of nitrogen functional groups attached to an aromatic ring is 1. The minimum atomic E-state index is -0.113. The highest BCUT2D eigenvalue weighted by Crippen LogP contribution is 2.46. The second-order valence-corrected chi connectivity index (χ2v) is 6.93. The number of nitrogens with zero attached hydrogens (tertiary/aromatic N) is 2. The number of carbonyl (C=O) groups excluding carboxylic acids is 1. The summed E-state index contributed by atoms with van der Waals surface area (Å²) in [5.41, 5.74) is 5.77. The summed E-state index contributed by atoms with van der Waals surface area (Å²) in [6, 6.07) is 0. The van der Waals surface area contributed by atoms with Crippen molar-refractivity contribution in [3.63, 3.8) is 0 Å². The van der Waals surface area contributed by atoms with Crippen LogP contribution in [0.5, 0.6) is 0 Å². The first kappa shape index (κ1) is 13.5. The van der Waals surface area contributed by atoms with Crippen molar-refractivity contribution in [2.45, 2.75) is 17.6 Å². The Morgan fingerprint density at radius 2 is 2.28 bits per heavy atom. The Morgan fingerprint density at radius 3 is 2.72 bits per heavy atom. The molecule has 3 N–H and O–H groups in total. The van der Waals surface area contributed by atoms with Crippen LogP contribution in [-0.4, -0.2) is 42.5 Å². The van der Waals surface area contributed by atoms with Gasteiger partial charge in [0.05, 0.1) is 0 Å². The minimum Gasteiger partial charge on any atom is -0.382 e. The summed E-state index contributed by atoms with van der Waals surface area (Å²) >= 11 is 3.15. The molecule has 100 valence electrons. The quantitative estimate of drug-likeness (QED) is 0.856. The van der Waals surface area contributed by atoms with Gasteiger partial charge in [0.1, 0.15) is 10.7 Å². The molecule has 1 aliphatic carbocycles. The van der Waals surface area contributed by atoms with Crippen molar-refractivity contribution in [3.05, 3.63) is 4.88 Å². The number of anilines is 2. The van der Waals surface area contributed by atoms with Gasteiger partial charge in [0.25, 0.3) is 5.91 Å². The molecule has 1 aromatic heterocycles. The summed E-state index contributed by atoms with van der Waals surface area (Å²) in [4.78, 5) is 18.6. The van der Waals surface area contributed by atoms with Crippen molar-refractivity contribution >= 4 is 40.0 Å². The molecule has 1 aliphatic rings. The largest absolute Gasteiger partial charge is 0.382 e. The molecule has 2 rings (SSSR count). The van der Waals surface area contributed by atoms with Gasteiger partial charge in [-0.25, -0.2) is 4.98 Å². The highest BCUT2D eigenvalue weighted by molar-refractivity contribution is 8.00. The van der Waals surface area contributed by atoms with Crippen LogP contribution in [0.15, 0.2) is 0 Å². The summed E-state index contributed by atoms with van der Waals surface area (Å²) in [5.74, 6) is 0.202. The van der Waals surface area contributed by atoms with Crippen LogP contribution in [0.25, 0.3) is 0 Å². The van der Waals surface area contributed by atoms with Crippen molar-refractivity contribution in [2.24, 2.45) is 0 Å². The Kier molecular flexibility index (Phi) is 3.72. The van der Waals surface area contributed by atoms with Gasteiger partial charge in [0.2, 0.25) is 0 Å². The van der Waals surface area contributed by atoms with E-state index in [2.05, 4.69) is 16.6 Å². The Hall–Kier alpha value is -0.950. The van der Waals surface area contributed by atoms with Crippen LogP contribution >= 0.6 is 23.1 Å². The van der Waals surface area contributed by atoms with E-state index in [1.165, 1.54) is 24.2 Å². The van der Waals surface area contributed by atoms with E-state index in [4.69, 9.17) is 5.73 Å². The van der Waals surface area contributed by atoms with Gasteiger partial charge in [0.15, 0.2) is 5.13 Å². The molecular weight excluding hydrogens is 268 g/mol. The maximum Gasteiger partial charge on any atom is 0.265 e. The zero-order valence-electron chi connectivity index (χ0n) is 10.8. The third-order valence-corrected chi connectivity index (χ3v) is 5.70. The lowest BCUT2D eigenvalue weighted by Gasteiger charge is -2.12. The number of carbonyl (C=O) groups is 1. The maximum atomic E-state index is 12.0. The van der Waals surface area contributed by atoms with Gasteiger partial charge in [0, 0.05) is 25.4 Å². The third-order valence-electron chi connectivity index (χ3n) is 3.04. The van der Waals surface area contributed by atoms with Crippen LogP contribution in [0.4, 0.5) is 10.9 Å². The van der Waals surface area contributed by atoms with Crippen molar-refractivity contribution in [3.8, 4) is 0 Å². The van der Waals surface area contributed by atoms with Crippen LogP contribution in [0, 0.1) is 0 Å². The molecular formula is C11H18N4OS2. The lowest BCUT2D eigenvalue weighted by atomic mass is 10.4. The van der Waals surface area contributed by atoms with Crippen LogP contribution in [0.2, 0.25) is 0 Å². The highest BCUT2D eigenvalue weighted by Gasteiger charge is 2.42. The van der Waals surface area contributed by atoms with Crippen LogP contribution in [0.3, 0.4) is 0 Å². The Labute approximate surface area is 115 Å². The molecule has 0 unspecified atom stereocenters. The molecule has 1 heterocycles. The maximum absolute atomic E-state index is 12.0.